The van der Waals surface area contributed by atoms with Crippen LogP contribution in [-0.4, -0.2) is 50.2 Å². The van der Waals surface area contributed by atoms with Gasteiger partial charge < -0.3 is 15.0 Å². The SMILES string of the molecule is CNCC1CCCN1C(=O)CCCOCCc1ccccc1.Cl. The summed E-state index contributed by atoms with van der Waals surface area (Å²) >= 11 is 0. The third-order valence-electron chi connectivity index (χ3n) is 4.19. The first-order valence-corrected chi connectivity index (χ1v) is 8.37. The van der Waals surface area contributed by atoms with Crippen LogP contribution < -0.4 is 5.32 Å². The summed E-state index contributed by atoms with van der Waals surface area (Å²) in [5.41, 5.74) is 1.30. The zero-order chi connectivity index (χ0) is 15.6. The van der Waals surface area contributed by atoms with Gasteiger partial charge in [-0.15, -0.1) is 12.4 Å². The number of hydrogen-bond acceptors (Lipinski definition) is 3. The van der Waals surface area contributed by atoms with E-state index in [2.05, 4.69) is 17.4 Å². The smallest absolute Gasteiger partial charge is 0.222 e. The third kappa shape index (κ3) is 6.90. The Morgan fingerprint density at radius 2 is 2.09 bits per heavy atom. The molecule has 1 aliphatic rings. The largest absolute Gasteiger partial charge is 0.381 e. The summed E-state index contributed by atoms with van der Waals surface area (Å²) in [4.78, 5) is 14.3. The molecule has 0 aromatic heterocycles. The van der Waals surface area contributed by atoms with Gasteiger partial charge in [-0.25, -0.2) is 0 Å². The Kier molecular flexibility index (Phi) is 9.92. The van der Waals surface area contributed by atoms with Crippen LogP contribution in [0.2, 0.25) is 0 Å². The first kappa shape index (κ1) is 19.9. The molecule has 1 aromatic rings. The lowest BCUT2D eigenvalue weighted by molar-refractivity contribution is -0.132. The molecule has 1 aliphatic heterocycles. The summed E-state index contributed by atoms with van der Waals surface area (Å²) in [5, 5.41) is 3.18. The van der Waals surface area contributed by atoms with Gasteiger partial charge in [0.2, 0.25) is 5.91 Å². The molecule has 2 rings (SSSR count). The van der Waals surface area contributed by atoms with Crippen LogP contribution in [0.1, 0.15) is 31.2 Å². The number of likely N-dealkylation sites (N-methyl/N-ethyl adjacent to an activating group) is 1. The Bertz CT molecular complexity index is 442. The maximum atomic E-state index is 12.2. The number of ether oxygens (including phenoxy) is 1. The minimum absolute atomic E-state index is 0. The Hall–Kier alpha value is -1.10. The number of benzene rings is 1. The maximum absolute atomic E-state index is 12.2. The fourth-order valence-electron chi connectivity index (χ4n) is 3.02. The minimum Gasteiger partial charge on any atom is -0.381 e. The number of nitrogens with zero attached hydrogens (tertiary/aromatic N) is 1. The Morgan fingerprint density at radius 3 is 2.83 bits per heavy atom. The summed E-state index contributed by atoms with van der Waals surface area (Å²) in [7, 11) is 1.95. The normalized spacial score (nSPS) is 17.1. The Labute approximate surface area is 146 Å². The summed E-state index contributed by atoms with van der Waals surface area (Å²) in [6.07, 6.45) is 4.61. The van der Waals surface area contributed by atoms with E-state index < -0.39 is 0 Å². The molecule has 0 saturated carbocycles. The first-order chi connectivity index (χ1) is 10.8. The zero-order valence-electron chi connectivity index (χ0n) is 14.0. The molecule has 1 saturated heterocycles. The molecule has 23 heavy (non-hydrogen) atoms. The van der Waals surface area contributed by atoms with Crippen LogP contribution in [0.4, 0.5) is 0 Å². The molecule has 130 valence electrons. The molecule has 0 radical (unpaired) electrons. The van der Waals surface area contributed by atoms with Gasteiger partial charge in [0, 0.05) is 32.2 Å². The number of carbonyl (C=O) groups excluding carboxylic acids is 1. The standard InChI is InChI=1S/C18H28N2O2.ClH/c1-19-15-17-9-5-12-20(17)18(21)10-6-13-22-14-11-16-7-3-2-4-8-16;/h2-4,7-8,17,19H,5-6,9-15H2,1H3;1H. The van der Waals surface area contributed by atoms with Gasteiger partial charge in [0.05, 0.1) is 6.61 Å². The van der Waals surface area contributed by atoms with Crippen LogP contribution in [0.3, 0.4) is 0 Å². The van der Waals surface area contributed by atoms with Crippen LogP contribution in [0.25, 0.3) is 0 Å². The highest BCUT2D eigenvalue weighted by Gasteiger charge is 2.27. The van der Waals surface area contributed by atoms with Crippen molar-refractivity contribution >= 4 is 18.3 Å². The molecule has 4 nitrogen and oxygen atoms in total. The molecule has 1 atom stereocenters. The number of hydrogen-bond donors (Lipinski definition) is 1. The molecule has 1 heterocycles. The van der Waals surface area contributed by atoms with Crippen molar-refractivity contribution in [3.63, 3.8) is 0 Å². The molecule has 1 N–H and O–H groups in total. The van der Waals surface area contributed by atoms with E-state index in [1.165, 1.54) is 5.56 Å². The van der Waals surface area contributed by atoms with Crippen molar-refractivity contribution in [2.45, 2.75) is 38.1 Å². The maximum Gasteiger partial charge on any atom is 0.222 e. The Balaban J connectivity index is 0.00000264. The molecule has 0 spiro atoms. The monoisotopic (exact) mass is 340 g/mol. The van der Waals surface area contributed by atoms with E-state index in [0.717, 1.165) is 45.4 Å². The molecule has 0 aliphatic carbocycles. The van der Waals surface area contributed by atoms with Crippen LogP contribution >= 0.6 is 12.4 Å². The number of carbonyl (C=O) groups is 1. The van der Waals surface area contributed by atoms with E-state index in [9.17, 15) is 4.79 Å². The number of rotatable bonds is 9. The van der Waals surface area contributed by atoms with E-state index in [1.54, 1.807) is 0 Å². The first-order valence-electron chi connectivity index (χ1n) is 8.37. The van der Waals surface area contributed by atoms with Gasteiger partial charge in [0.15, 0.2) is 0 Å². The van der Waals surface area contributed by atoms with Gasteiger partial charge in [-0.3, -0.25) is 4.79 Å². The molecular formula is C18H29ClN2O2. The molecule has 1 unspecified atom stereocenters. The molecule has 0 bridgehead atoms. The third-order valence-corrected chi connectivity index (χ3v) is 4.19. The second-order valence-electron chi connectivity index (χ2n) is 5.89. The quantitative estimate of drug-likeness (QED) is 0.703. The molecule has 1 fully saturated rings. The second kappa shape index (κ2) is 11.4. The molecule has 1 aromatic carbocycles. The number of likely N-dealkylation sites (tertiary alicyclic amines) is 1. The van der Waals surface area contributed by atoms with E-state index in [-0.39, 0.29) is 18.3 Å². The van der Waals surface area contributed by atoms with Gasteiger partial charge >= 0.3 is 0 Å². The van der Waals surface area contributed by atoms with Crippen molar-refractivity contribution < 1.29 is 9.53 Å². The lowest BCUT2D eigenvalue weighted by atomic mass is 10.2. The summed E-state index contributed by atoms with van der Waals surface area (Å²) in [6, 6.07) is 10.7. The summed E-state index contributed by atoms with van der Waals surface area (Å²) in [6.45, 7) is 3.22. The van der Waals surface area contributed by atoms with Gasteiger partial charge in [-0.1, -0.05) is 30.3 Å². The van der Waals surface area contributed by atoms with Crippen molar-refractivity contribution in [3.05, 3.63) is 35.9 Å². The van der Waals surface area contributed by atoms with E-state index in [1.807, 2.05) is 30.1 Å². The van der Waals surface area contributed by atoms with Gasteiger partial charge in [0.1, 0.15) is 0 Å². The number of amides is 1. The van der Waals surface area contributed by atoms with Gasteiger partial charge in [0.25, 0.3) is 0 Å². The van der Waals surface area contributed by atoms with Crippen molar-refractivity contribution in [1.82, 2.24) is 10.2 Å². The van der Waals surface area contributed by atoms with Crippen LogP contribution in [0.15, 0.2) is 30.3 Å². The fraction of sp³-hybridized carbons (Fsp3) is 0.611. The average Bonchev–Trinajstić information content (AvgIpc) is 3.00. The molecular weight excluding hydrogens is 312 g/mol. The van der Waals surface area contributed by atoms with Crippen LogP contribution in [0.5, 0.6) is 0 Å². The second-order valence-corrected chi connectivity index (χ2v) is 5.89. The Morgan fingerprint density at radius 1 is 1.30 bits per heavy atom. The van der Waals surface area contributed by atoms with Crippen molar-refractivity contribution in [3.8, 4) is 0 Å². The highest BCUT2D eigenvalue weighted by Crippen LogP contribution is 2.18. The minimum atomic E-state index is 0. The molecule has 5 heteroatoms. The van der Waals surface area contributed by atoms with Gasteiger partial charge in [-0.2, -0.15) is 0 Å². The van der Waals surface area contributed by atoms with Crippen molar-refractivity contribution in [1.29, 1.82) is 0 Å². The van der Waals surface area contributed by atoms with E-state index >= 15 is 0 Å². The predicted molar refractivity (Wildman–Crippen MR) is 96.1 cm³/mol. The van der Waals surface area contributed by atoms with Crippen molar-refractivity contribution in [2.75, 3.05) is 33.4 Å². The number of halogens is 1. The van der Waals surface area contributed by atoms with Crippen molar-refractivity contribution in [2.24, 2.45) is 0 Å². The van der Waals surface area contributed by atoms with Crippen LogP contribution in [-0.2, 0) is 16.0 Å². The fourth-order valence-corrected chi connectivity index (χ4v) is 3.02. The lowest BCUT2D eigenvalue weighted by Crippen LogP contribution is -2.40. The zero-order valence-corrected chi connectivity index (χ0v) is 14.8. The predicted octanol–water partition coefficient (Wildman–Crippen LogP) is 2.66. The molecule has 1 amide bonds. The highest BCUT2D eigenvalue weighted by molar-refractivity contribution is 5.85. The van der Waals surface area contributed by atoms with E-state index in [4.69, 9.17) is 4.74 Å². The lowest BCUT2D eigenvalue weighted by Gasteiger charge is -2.24. The van der Waals surface area contributed by atoms with Crippen LogP contribution in [0, 0.1) is 0 Å². The highest BCUT2D eigenvalue weighted by atomic mass is 35.5. The average molecular weight is 341 g/mol. The topological polar surface area (TPSA) is 41.6 Å². The van der Waals surface area contributed by atoms with E-state index in [0.29, 0.717) is 19.1 Å². The number of nitrogens with one attached hydrogen (secondary N) is 1. The van der Waals surface area contributed by atoms with Gasteiger partial charge in [-0.05, 0) is 38.3 Å². The summed E-state index contributed by atoms with van der Waals surface area (Å²) < 4.78 is 5.64. The summed E-state index contributed by atoms with van der Waals surface area (Å²) in [5.74, 6) is 0.282.